The number of amides is 5. The summed E-state index contributed by atoms with van der Waals surface area (Å²) in [5.41, 5.74) is 5.56. The average molecular weight is 690 g/mol. The molecular weight excluding hydrogens is 653 g/mol. The maximum Gasteiger partial charge on any atom is 0.514 e. The third-order valence-corrected chi connectivity index (χ3v) is 6.49. The van der Waals surface area contributed by atoms with Crippen molar-refractivity contribution in [3.8, 4) is 5.75 Å². The number of nitrogens with two attached hydrogens (primary N) is 1. The molecule has 0 bridgehead atoms. The van der Waals surface area contributed by atoms with Crippen LogP contribution in [0.1, 0.15) is 52.0 Å². The first-order chi connectivity index (χ1) is 22.7. The van der Waals surface area contributed by atoms with Gasteiger partial charge in [0, 0.05) is 12.2 Å². The standard InChI is InChI=1S/C30H36F5N5O8/c1-4-5-13-46-29(44)40-24(15(2)3)27(42)39-18(7-6-12-37-28(36)43)26(41)38-17-10-8-16(9-11-17)14-47-30(45)48-25-22(34)20(32)19(31)21(33)23(25)35/h8-11,15,18,24H,4-7,12-14H2,1-3H3,(H,38,41)(H,39,42)(H,40,44)(H3,36,37,43)/t18-,24-/m0/s1. The quantitative estimate of drug-likeness (QED) is 0.0425. The number of alkyl carbamates (subject to hydrolysis) is 1. The van der Waals surface area contributed by atoms with Crippen molar-refractivity contribution in [2.24, 2.45) is 11.7 Å². The molecule has 0 fully saturated rings. The van der Waals surface area contributed by atoms with Crippen LogP contribution in [-0.2, 0) is 25.7 Å². The van der Waals surface area contributed by atoms with Gasteiger partial charge in [-0.1, -0.05) is 39.3 Å². The number of benzene rings is 2. The average Bonchev–Trinajstić information content (AvgIpc) is 3.04. The first kappa shape index (κ1) is 39.0. The lowest BCUT2D eigenvalue weighted by Gasteiger charge is -2.25. The Morgan fingerprint density at radius 2 is 1.42 bits per heavy atom. The Bertz CT molecular complexity index is 1430. The van der Waals surface area contributed by atoms with Crippen molar-refractivity contribution in [1.82, 2.24) is 16.0 Å². The molecule has 6 N–H and O–H groups in total. The van der Waals surface area contributed by atoms with Gasteiger partial charge in [-0.15, -0.1) is 0 Å². The van der Waals surface area contributed by atoms with E-state index in [2.05, 4.69) is 30.7 Å². The number of nitrogens with one attached hydrogen (secondary N) is 4. The first-order valence-electron chi connectivity index (χ1n) is 14.7. The molecular formula is C30H36F5N5O8. The zero-order chi connectivity index (χ0) is 36.0. The Labute approximate surface area is 272 Å². The number of rotatable bonds is 16. The molecule has 0 heterocycles. The van der Waals surface area contributed by atoms with Crippen LogP contribution >= 0.6 is 0 Å². The van der Waals surface area contributed by atoms with E-state index in [0.29, 0.717) is 6.42 Å². The van der Waals surface area contributed by atoms with Crippen LogP contribution in [0.2, 0.25) is 0 Å². The third-order valence-electron chi connectivity index (χ3n) is 6.49. The number of urea groups is 1. The van der Waals surface area contributed by atoms with Gasteiger partial charge < -0.3 is 41.2 Å². The zero-order valence-corrected chi connectivity index (χ0v) is 26.2. The fraction of sp³-hybridized carbons (Fsp3) is 0.433. The number of primary amides is 1. The maximum atomic E-state index is 13.7. The molecule has 0 spiro atoms. The van der Waals surface area contributed by atoms with Crippen LogP contribution in [0.5, 0.6) is 5.75 Å². The van der Waals surface area contributed by atoms with Gasteiger partial charge in [0.15, 0.2) is 0 Å². The van der Waals surface area contributed by atoms with Crippen LogP contribution in [0, 0.1) is 35.0 Å². The summed E-state index contributed by atoms with van der Waals surface area (Å²) in [4.78, 5) is 61.4. The fourth-order valence-corrected chi connectivity index (χ4v) is 3.90. The molecule has 0 saturated carbocycles. The number of unbranched alkanes of at least 4 members (excludes halogenated alkanes) is 1. The van der Waals surface area contributed by atoms with E-state index in [4.69, 9.17) is 10.5 Å². The van der Waals surface area contributed by atoms with E-state index >= 15 is 0 Å². The molecule has 0 aromatic heterocycles. The topological polar surface area (TPSA) is 187 Å². The summed E-state index contributed by atoms with van der Waals surface area (Å²) in [6, 6.07) is 2.54. The van der Waals surface area contributed by atoms with Crippen LogP contribution < -0.4 is 31.7 Å². The lowest BCUT2D eigenvalue weighted by Crippen LogP contribution is -2.54. The Balaban J connectivity index is 2.05. The number of hydrogen-bond acceptors (Lipinski definition) is 8. The van der Waals surface area contributed by atoms with Crippen LogP contribution in [0.4, 0.5) is 42.0 Å². The second kappa shape index (κ2) is 18.9. The zero-order valence-electron chi connectivity index (χ0n) is 26.2. The minimum absolute atomic E-state index is 0.0562. The van der Waals surface area contributed by atoms with Crippen molar-refractivity contribution in [3.05, 3.63) is 58.9 Å². The molecule has 0 saturated heterocycles. The van der Waals surface area contributed by atoms with Crippen molar-refractivity contribution in [2.75, 3.05) is 18.5 Å². The van der Waals surface area contributed by atoms with Crippen LogP contribution in [-0.4, -0.2) is 55.3 Å². The van der Waals surface area contributed by atoms with Crippen molar-refractivity contribution in [1.29, 1.82) is 0 Å². The number of ether oxygens (including phenoxy) is 3. The van der Waals surface area contributed by atoms with E-state index in [1.54, 1.807) is 13.8 Å². The van der Waals surface area contributed by atoms with Crippen molar-refractivity contribution >= 4 is 35.8 Å². The van der Waals surface area contributed by atoms with Crippen molar-refractivity contribution < 1.29 is 60.1 Å². The summed E-state index contributed by atoms with van der Waals surface area (Å²) >= 11 is 0. The second-order valence-electron chi connectivity index (χ2n) is 10.6. The lowest BCUT2D eigenvalue weighted by atomic mass is 10.0. The van der Waals surface area contributed by atoms with Gasteiger partial charge in [-0.25, -0.2) is 27.6 Å². The Morgan fingerprint density at radius 1 is 0.812 bits per heavy atom. The molecule has 0 aliphatic carbocycles. The molecule has 2 rings (SSSR count). The predicted octanol–water partition coefficient (Wildman–Crippen LogP) is 4.52. The van der Waals surface area contributed by atoms with E-state index in [0.717, 1.165) is 6.42 Å². The number of halogens is 5. The highest BCUT2D eigenvalue weighted by Gasteiger charge is 2.30. The van der Waals surface area contributed by atoms with Gasteiger partial charge in [-0.05, 0) is 42.9 Å². The highest BCUT2D eigenvalue weighted by atomic mass is 19.2. The third kappa shape index (κ3) is 11.9. The normalized spacial score (nSPS) is 12.0. The molecule has 18 heteroatoms. The highest BCUT2D eigenvalue weighted by Crippen LogP contribution is 2.29. The van der Waals surface area contributed by atoms with Crippen molar-refractivity contribution in [3.63, 3.8) is 0 Å². The minimum Gasteiger partial charge on any atom is -0.450 e. The number of anilines is 1. The van der Waals surface area contributed by atoms with Gasteiger partial charge in [-0.3, -0.25) is 9.59 Å². The van der Waals surface area contributed by atoms with Gasteiger partial charge in [0.05, 0.1) is 6.61 Å². The molecule has 2 aromatic rings. The number of hydrogen-bond donors (Lipinski definition) is 5. The summed E-state index contributed by atoms with van der Waals surface area (Å²) < 4.78 is 81.2. The van der Waals surface area contributed by atoms with Gasteiger partial charge in [0.1, 0.15) is 18.7 Å². The van der Waals surface area contributed by atoms with Crippen LogP contribution in [0.25, 0.3) is 0 Å². The van der Waals surface area contributed by atoms with Crippen molar-refractivity contribution in [2.45, 2.75) is 65.1 Å². The Hall–Kier alpha value is -5.16. The molecule has 2 aromatic carbocycles. The van der Waals surface area contributed by atoms with Gasteiger partial charge in [0.2, 0.25) is 46.6 Å². The molecule has 0 aliphatic heterocycles. The van der Waals surface area contributed by atoms with Crippen LogP contribution in [0.15, 0.2) is 24.3 Å². The molecule has 48 heavy (non-hydrogen) atoms. The monoisotopic (exact) mass is 689 g/mol. The second-order valence-corrected chi connectivity index (χ2v) is 10.6. The summed E-state index contributed by atoms with van der Waals surface area (Å²) in [7, 11) is 0. The van der Waals surface area contributed by atoms with E-state index in [-0.39, 0.29) is 43.2 Å². The Kier molecular flexibility index (Phi) is 15.3. The number of carbonyl (C=O) groups is 5. The molecule has 0 unspecified atom stereocenters. The summed E-state index contributed by atoms with van der Waals surface area (Å²) in [5.74, 6) is -15.3. The summed E-state index contributed by atoms with van der Waals surface area (Å²) in [5, 5.41) is 10.1. The predicted molar refractivity (Wildman–Crippen MR) is 159 cm³/mol. The smallest absolute Gasteiger partial charge is 0.450 e. The minimum atomic E-state index is -2.43. The molecule has 2 atom stereocenters. The first-order valence-corrected chi connectivity index (χ1v) is 14.7. The number of carbonyl (C=O) groups excluding carboxylic acids is 5. The largest absolute Gasteiger partial charge is 0.514 e. The summed E-state index contributed by atoms with van der Waals surface area (Å²) in [6.45, 7) is 5.00. The van der Waals surface area contributed by atoms with E-state index in [1.165, 1.54) is 24.3 Å². The molecule has 264 valence electrons. The summed E-state index contributed by atoms with van der Waals surface area (Å²) in [6.07, 6.45) is -0.830. The molecule has 5 amide bonds. The molecule has 0 radical (unpaired) electrons. The lowest BCUT2D eigenvalue weighted by molar-refractivity contribution is -0.128. The SMILES string of the molecule is CCCCOC(=O)N[C@H](C(=O)N[C@@H](CCCNC(N)=O)C(=O)Nc1ccc(COC(=O)Oc2c(F)c(F)c(F)c(F)c2F)cc1)C(C)C. The Morgan fingerprint density at radius 3 is 1.98 bits per heavy atom. The van der Waals surface area contributed by atoms with Gasteiger partial charge in [-0.2, -0.15) is 8.78 Å². The maximum absolute atomic E-state index is 13.7. The highest BCUT2D eigenvalue weighted by molar-refractivity contribution is 5.98. The van der Waals surface area contributed by atoms with Gasteiger partial charge >= 0.3 is 18.3 Å². The molecule has 0 aliphatic rings. The van der Waals surface area contributed by atoms with E-state index in [9.17, 15) is 45.9 Å². The van der Waals surface area contributed by atoms with E-state index < -0.39 is 83.6 Å². The fourth-order valence-electron chi connectivity index (χ4n) is 3.90. The van der Waals surface area contributed by atoms with E-state index in [1.807, 2.05) is 6.92 Å². The molecule has 13 nitrogen and oxygen atoms in total. The van der Waals surface area contributed by atoms with Gasteiger partial charge in [0.25, 0.3) is 0 Å². The van der Waals surface area contributed by atoms with Crippen LogP contribution in [0.3, 0.4) is 0 Å².